The van der Waals surface area contributed by atoms with Gasteiger partial charge in [-0.25, -0.2) is 0 Å². The van der Waals surface area contributed by atoms with Crippen LogP contribution in [0.5, 0.6) is 0 Å². The van der Waals surface area contributed by atoms with Crippen LogP contribution >= 0.6 is 0 Å². The van der Waals surface area contributed by atoms with E-state index >= 15 is 0 Å². The summed E-state index contributed by atoms with van der Waals surface area (Å²) in [6.45, 7) is -0.238. The molecule has 0 atom stereocenters. The lowest BCUT2D eigenvalue weighted by Crippen LogP contribution is -2.27. The van der Waals surface area contributed by atoms with E-state index in [1.54, 1.807) is 6.07 Å². The van der Waals surface area contributed by atoms with E-state index in [0.717, 1.165) is 31.7 Å². The summed E-state index contributed by atoms with van der Waals surface area (Å²) in [5, 5.41) is 3.17. The first-order valence-electron chi connectivity index (χ1n) is 8.59. The van der Waals surface area contributed by atoms with E-state index in [1.807, 2.05) is 0 Å². The van der Waals surface area contributed by atoms with Gasteiger partial charge in [-0.15, -0.1) is 0 Å². The Balaban J connectivity index is 1.63. The van der Waals surface area contributed by atoms with Gasteiger partial charge in [-0.1, -0.05) is 6.07 Å². The van der Waals surface area contributed by atoms with E-state index < -0.39 is 17.7 Å². The zero-order valence-corrected chi connectivity index (χ0v) is 13.6. The Hall–Kier alpha value is -2.05. The Bertz CT molecular complexity index is 710. The molecule has 0 unspecified atom stereocenters. The third kappa shape index (κ3) is 3.65. The number of carbonyl (C=O) groups excluding carboxylic acids is 1. The maximum Gasteiger partial charge on any atom is 0.418 e. The number of esters is 1. The summed E-state index contributed by atoms with van der Waals surface area (Å²) in [6, 6.07) is 4.35. The first-order valence-corrected chi connectivity index (χ1v) is 8.59. The zero-order chi connectivity index (χ0) is 17.6. The summed E-state index contributed by atoms with van der Waals surface area (Å²) in [6.07, 6.45) is -0.0843. The van der Waals surface area contributed by atoms with Gasteiger partial charge in [-0.05, 0) is 55.2 Å². The molecule has 25 heavy (non-hydrogen) atoms. The second kappa shape index (κ2) is 6.04. The molecule has 4 nitrogen and oxygen atoms in total. The van der Waals surface area contributed by atoms with Crippen molar-refractivity contribution in [2.75, 3.05) is 18.5 Å². The highest BCUT2D eigenvalue weighted by molar-refractivity contribution is 6.04. The first kappa shape index (κ1) is 16.4. The van der Waals surface area contributed by atoms with Gasteiger partial charge >= 0.3 is 12.1 Å². The Morgan fingerprint density at radius 2 is 1.84 bits per heavy atom. The average Bonchev–Trinajstić information content (AvgIpc) is 3.46. The summed E-state index contributed by atoms with van der Waals surface area (Å²) in [4.78, 5) is 15.1. The highest BCUT2D eigenvalue weighted by Gasteiger charge is 2.43. The van der Waals surface area contributed by atoms with Gasteiger partial charge in [0, 0.05) is 11.7 Å². The largest absolute Gasteiger partial charge is 0.458 e. The van der Waals surface area contributed by atoms with Crippen LogP contribution in [-0.4, -0.2) is 30.9 Å². The minimum Gasteiger partial charge on any atom is -0.458 e. The molecule has 0 radical (unpaired) electrons. The maximum absolute atomic E-state index is 13.6. The Morgan fingerprint density at radius 3 is 2.36 bits per heavy atom. The molecule has 0 spiro atoms. The van der Waals surface area contributed by atoms with Crippen molar-refractivity contribution >= 4 is 17.4 Å². The van der Waals surface area contributed by atoms with E-state index in [0.29, 0.717) is 23.1 Å². The van der Waals surface area contributed by atoms with E-state index in [1.165, 1.54) is 6.07 Å². The van der Waals surface area contributed by atoms with Gasteiger partial charge < -0.3 is 10.1 Å². The number of alkyl halides is 3. The number of aliphatic imine (C=N–C) groups is 1. The standard InChI is InChI=1S/C18H19F3N2O2/c19-18(20,21)13-7-12(15-9-25-16(24)8-22-15)5-6-14(13)23-17(10-1-2-10)11-3-4-11/h5-7,10-11,17,23H,1-4,8-9H2. The molecular weight excluding hydrogens is 333 g/mol. The van der Waals surface area contributed by atoms with Gasteiger partial charge in [0.25, 0.3) is 0 Å². The Kier molecular flexibility index (Phi) is 3.96. The Labute approximate surface area is 143 Å². The number of rotatable bonds is 5. The number of benzene rings is 1. The lowest BCUT2D eigenvalue weighted by atomic mass is 10.0. The van der Waals surface area contributed by atoms with Crippen LogP contribution in [0.4, 0.5) is 18.9 Å². The maximum atomic E-state index is 13.6. The van der Waals surface area contributed by atoms with Crippen molar-refractivity contribution in [3.63, 3.8) is 0 Å². The van der Waals surface area contributed by atoms with Gasteiger partial charge in [0.1, 0.15) is 13.2 Å². The quantitative estimate of drug-likeness (QED) is 0.823. The summed E-state index contributed by atoms with van der Waals surface area (Å²) >= 11 is 0. The topological polar surface area (TPSA) is 50.7 Å². The number of ether oxygens (including phenoxy) is 1. The third-order valence-corrected chi connectivity index (χ3v) is 5.01. The number of hydrogen-bond donors (Lipinski definition) is 1. The van der Waals surface area contributed by atoms with Gasteiger partial charge in [-0.3, -0.25) is 9.79 Å². The normalized spacial score (nSPS) is 21.1. The molecule has 7 heteroatoms. The molecule has 1 aromatic rings. The van der Waals surface area contributed by atoms with Gasteiger partial charge in [-0.2, -0.15) is 13.2 Å². The van der Waals surface area contributed by atoms with Gasteiger partial charge in [0.15, 0.2) is 0 Å². The number of cyclic esters (lactones) is 1. The van der Waals surface area contributed by atoms with Crippen LogP contribution in [0.3, 0.4) is 0 Å². The van der Waals surface area contributed by atoms with Crippen molar-refractivity contribution in [3.05, 3.63) is 29.3 Å². The second-order valence-electron chi connectivity index (χ2n) is 7.03. The number of anilines is 1. The van der Waals surface area contributed by atoms with Crippen molar-refractivity contribution in [2.24, 2.45) is 16.8 Å². The van der Waals surface area contributed by atoms with Crippen molar-refractivity contribution < 1.29 is 22.7 Å². The number of halogens is 3. The fourth-order valence-corrected chi connectivity index (χ4v) is 3.37. The van der Waals surface area contributed by atoms with E-state index in [9.17, 15) is 18.0 Å². The number of carbonyl (C=O) groups is 1. The zero-order valence-electron chi connectivity index (χ0n) is 13.6. The van der Waals surface area contributed by atoms with E-state index in [-0.39, 0.29) is 24.9 Å². The molecule has 1 aromatic carbocycles. The van der Waals surface area contributed by atoms with E-state index in [2.05, 4.69) is 10.3 Å². The summed E-state index contributed by atoms with van der Waals surface area (Å²) in [5.41, 5.74) is 0.168. The molecule has 4 rings (SSSR count). The SMILES string of the molecule is O=C1CN=C(c2ccc(NC(C3CC3)C3CC3)c(C(F)(F)F)c2)CO1. The van der Waals surface area contributed by atoms with E-state index in [4.69, 9.17) is 4.74 Å². The van der Waals surface area contributed by atoms with Crippen LogP contribution in [0.1, 0.15) is 36.8 Å². The molecule has 2 saturated carbocycles. The van der Waals surface area contributed by atoms with Crippen molar-refractivity contribution in [1.29, 1.82) is 0 Å². The lowest BCUT2D eigenvalue weighted by molar-refractivity contribution is -0.141. The minimum atomic E-state index is -4.46. The monoisotopic (exact) mass is 352 g/mol. The fourth-order valence-electron chi connectivity index (χ4n) is 3.37. The molecule has 3 aliphatic rings. The number of hydrogen-bond acceptors (Lipinski definition) is 4. The van der Waals surface area contributed by atoms with Crippen molar-refractivity contribution in [2.45, 2.75) is 37.9 Å². The van der Waals surface area contributed by atoms with Gasteiger partial charge in [0.2, 0.25) is 0 Å². The second-order valence-corrected chi connectivity index (χ2v) is 7.03. The highest BCUT2D eigenvalue weighted by atomic mass is 19.4. The minimum absolute atomic E-state index is 0.0876. The molecule has 0 bridgehead atoms. The molecule has 1 aliphatic heterocycles. The number of nitrogens with zero attached hydrogens (tertiary/aromatic N) is 1. The van der Waals surface area contributed by atoms with Crippen LogP contribution in [0.15, 0.2) is 23.2 Å². The number of nitrogens with one attached hydrogen (secondary N) is 1. The van der Waals surface area contributed by atoms with Crippen LogP contribution in [0.2, 0.25) is 0 Å². The molecular formula is C18H19F3N2O2. The smallest absolute Gasteiger partial charge is 0.418 e. The van der Waals surface area contributed by atoms with Crippen molar-refractivity contribution in [1.82, 2.24) is 0 Å². The molecule has 0 saturated heterocycles. The molecule has 2 fully saturated rings. The molecule has 134 valence electrons. The predicted molar refractivity (Wildman–Crippen MR) is 86.7 cm³/mol. The summed E-state index contributed by atoms with van der Waals surface area (Å²) in [7, 11) is 0. The fraction of sp³-hybridized carbons (Fsp3) is 0.556. The van der Waals surface area contributed by atoms with Gasteiger partial charge in [0.05, 0.1) is 11.3 Å². The van der Waals surface area contributed by atoms with Crippen LogP contribution in [0, 0.1) is 11.8 Å². The first-order chi connectivity index (χ1) is 11.9. The van der Waals surface area contributed by atoms with Crippen LogP contribution in [0.25, 0.3) is 0 Å². The molecule has 1 N–H and O–H groups in total. The molecule has 1 heterocycles. The van der Waals surface area contributed by atoms with Crippen LogP contribution in [-0.2, 0) is 15.7 Å². The molecule has 0 amide bonds. The lowest BCUT2D eigenvalue weighted by Gasteiger charge is -2.23. The van der Waals surface area contributed by atoms with Crippen molar-refractivity contribution in [3.8, 4) is 0 Å². The van der Waals surface area contributed by atoms with Crippen LogP contribution < -0.4 is 5.32 Å². The third-order valence-electron chi connectivity index (χ3n) is 5.01. The Morgan fingerprint density at radius 1 is 1.16 bits per heavy atom. The molecule has 2 aliphatic carbocycles. The highest BCUT2D eigenvalue weighted by Crippen LogP contribution is 2.47. The molecule has 0 aromatic heterocycles. The summed E-state index contributed by atoms with van der Waals surface area (Å²) in [5.74, 6) is 0.528. The summed E-state index contributed by atoms with van der Waals surface area (Å²) < 4.78 is 45.6. The average molecular weight is 352 g/mol. The predicted octanol–water partition coefficient (Wildman–Crippen LogP) is 3.65.